The van der Waals surface area contributed by atoms with Gasteiger partial charge in [0.15, 0.2) is 0 Å². The summed E-state index contributed by atoms with van der Waals surface area (Å²) in [6, 6.07) is 21.8. The van der Waals surface area contributed by atoms with Gasteiger partial charge in [-0.05, 0) is 112 Å². The fourth-order valence-electron chi connectivity index (χ4n) is 7.62. The summed E-state index contributed by atoms with van der Waals surface area (Å²) >= 11 is 0. The van der Waals surface area contributed by atoms with Crippen molar-refractivity contribution in [3.05, 3.63) is 182 Å². The highest BCUT2D eigenvalue weighted by molar-refractivity contribution is 6.27. The lowest BCUT2D eigenvalue weighted by Crippen LogP contribution is -1.94. The van der Waals surface area contributed by atoms with Crippen molar-refractivity contribution in [2.24, 2.45) is 0 Å². The van der Waals surface area contributed by atoms with E-state index in [-0.39, 0.29) is 49.0 Å². The molecule has 236 valence electrons. The monoisotopic (exact) mass is 660 g/mol. The number of furan rings is 1. The van der Waals surface area contributed by atoms with Crippen LogP contribution >= 0.6 is 0 Å². The van der Waals surface area contributed by atoms with Crippen molar-refractivity contribution in [1.29, 1.82) is 0 Å². The van der Waals surface area contributed by atoms with Crippen molar-refractivity contribution < 1.29 is 23.6 Å². The van der Waals surface area contributed by atoms with Crippen molar-refractivity contribution in [1.82, 2.24) is 0 Å². The minimum absolute atomic E-state index is 0.0835. The fourth-order valence-corrected chi connectivity index (χ4v) is 7.62. The molecule has 0 fully saturated rings. The van der Waals surface area contributed by atoms with Gasteiger partial charge in [-0.3, -0.25) is 0 Å². The van der Waals surface area contributed by atoms with Gasteiger partial charge < -0.3 is 4.42 Å². The Labute approximate surface area is 314 Å². The average Bonchev–Trinajstić information content (AvgIpc) is 3.68. The predicted octanol–water partition coefficient (Wildman–Crippen LogP) is 14.4. The fraction of sp³-hybridized carbons (Fsp3) is 0. The maximum absolute atomic E-state index is 9.70. The first kappa shape index (κ1) is 17.8. The molecule has 0 radical (unpaired) electrons. The Morgan fingerprint density at radius 2 is 1.00 bits per heavy atom. The summed E-state index contributed by atoms with van der Waals surface area (Å²) in [4.78, 5) is 0. The molecule has 0 unspecified atom stereocenters. The maximum atomic E-state index is 9.70. The molecule has 0 saturated carbocycles. The van der Waals surface area contributed by atoms with E-state index < -0.39 is 84.6 Å². The molecule has 0 bridgehead atoms. The lowest BCUT2D eigenvalue weighted by atomic mass is 9.81. The third-order valence-corrected chi connectivity index (χ3v) is 9.80. The molecule has 1 heterocycles. The van der Waals surface area contributed by atoms with E-state index in [9.17, 15) is 6.85 Å². The first-order valence-corrected chi connectivity index (χ1v) is 16.4. The Morgan fingerprint density at radius 1 is 0.353 bits per heavy atom. The summed E-state index contributed by atoms with van der Waals surface area (Å²) in [6.07, 6.45) is 0. The molecular weight excluding hydrogens is 617 g/mol. The first-order valence-electron chi connectivity index (χ1n) is 23.4. The van der Waals surface area contributed by atoms with E-state index in [4.69, 9.17) is 16.8 Å². The lowest BCUT2D eigenvalue weighted by molar-refractivity contribution is 0.669. The Hall–Kier alpha value is -6.70. The van der Waals surface area contributed by atoms with Gasteiger partial charge in [-0.15, -0.1) is 0 Å². The second-order valence-electron chi connectivity index (χ2n) is 12.5. The molecular formula is C50H30O. The van der Waals surface area contributed by atoms with Crippen molar-refractivity contribution in [3.63, 3.8) is 0 Å². The number of fused-ring (bicyclic) bond motifs is 8. The van der Waals surface area contributed by atoms with Gasteiger partial charge in [-0.2, -0.15) is 0 Å². The second-order valence-corrected chi connectivity index (χ2v) is 12.5. The predicted molar refractivity (Wildman–Crippen MR) is 218 cm³/mol. The summed E-state index contributed by atoms with van der Waals surface area (Å²) in [5.41, 5.74) is 2.52. The van der Waals surface area contributed by atoms with Gasteiger partial charge in [-0.25, -0.2) is 0 Å². The maximum Gasteiger partial charge on any atom is 0.136 e. The van der Waals surface area contributed by atoms with Gasteiger partial charge in [0.1, 0.15) is 11.2 Å². The van der Waals surface area contributed by atoms with Crippen LogP contribution < -0.4 is 0 Å². The molecule has 0 spiro atoms. The van der Waals surface area contributed by atoms with Gasteiger partial charge >= 0.3 is 0 Å². The van der Waals surface area contributed by atoms with E-state index in [1.165, 1.54) is 6.07 Å². The topological polar surface area (TPSA) is 13.1 Å². The molecule has 1 nitrogen and oxygen atoms in total. The zero-order valence-corrected chi connectivity index (χ0v) is 26.6. The van der Waals surface area contributed by atoms with Crippen LogP contribution in [-0.4, -0.2) is 0 Å². The van der Waals surface area contributed by atoms with Gasteiger partial charge in [0.2, 0.25) is 0 Å². The average molecular weight is 661 g/mol. The molecule has 0 saturated heterocycles. The zero-order valence-electron chi connectivity index (χ0n) is 40.6. The van der Waals surface area contributed by atoms with Gasteiger partial charge in [0.25, 0.3) is 0 Å². The summed E-state index contributed by atoms with van der Waals surface area (Å²) in [6.45, 7) is 0. The number of hydrogen-bond acceptors (Lipinski definition) is 1. The molecule has 10 aromatic carbocycles. The molecule has 0 amide bonds. The van der Waals surface area contributed by atoms with Gasteiger partial charge in [0, 0.05) is 10.8 Å². The highest BCUT2D eigenvalue weighted by Crippen LogP contribution is 2.50. The van der Waals surface area contributed by atoms with Crippen LogP contribution in [0.4, 0.5) is 0 Å². The van der Waals surface area contributed by atoms with Crippen LogP contribution in [-0.2, 0) is 0 Å². The molecule has 0 aliphatic rings. The third-order valence-electron chi connectivity index (χ3n) is 9.80. The van der Waals surface area contributed by atoms with Crippen LogP contribution in [0.1, 0.15) is 19.2 Å². The molecule has 0 N–H and O–H groups in total. The first-order chi connectivity index (χ1) is 31.1. The SMILES string of the molecule is [2H]c1c([2H])c([2H])c2c([2H])c([2H])c(-c3c4c([2H])c([2H])c([2H])c([2H])c4c(-c4c(-c5cccc6oc7cc8ccccc8cc7c56)ccc5ccccc45)c4c([2H])c([2H])c([2H])c([2H])c34)cc2c1[2H]. The summed E-state index contributed by atoms with van der Waals surface area (Å²) in [5.74, 6) is 0. The van der Waals surface area contributed by atoms with E-state index in [0.717, 1.165) is 26.9 Å². The number of rotatable bonds is 3. The van der Waals surface area contributed by atoms with E-state index in [1.54, 1.807) is 0 Å². The van der Waals surface area contributed by atoms with Crippen LogP contribution in [0.3, 0.4) is 0 Å². The van der Waals surface area contributed by atoms with Crippen LogP contribution in [0.15, 0.2) is 186 Å². The highest BCUT2D eigenvalue weighted by Gasteiger charge is 2.23. The molecule has 1 aromatic heterocycles. The molecule has 11 aromatic rings. The van der Waals surface area contributed by atoms with Crippen molar-refractivity contribution >= 4 is 75.8 Å². The van der Waals surface area contributed by atoms with Crippen molar-refractivity contribution in [2.75, 3.05) is 0 Å². The minimum atomic E-state index is -0.657. The molecule has 51 heavy (non-hydrogen) atoms. The summed E-state index contributed by atoms with van der Waals surface area (Å²) in [7, 11) is 0. The van der Waals surface area contributed by atoms with Gasteiger partial charge in [0.05, 0.1) is 19.2 Å². The van der Waals surface area contributed by atoms with Gasteiger partial charge in [-0.1, -0.05) is 157 Å². The molecule has 0 atom stereocenters. The van der Waals surface area contributed by atoms with Crippen LogP contribution in [0.5, 0.6) is 0 Å². The summed E-state index contributed by atoms with van der Waals surface area (Å²) < 4.78 is 134. The minimum Gasteiger partial charge on any atom is -0.456 e. The smallest absolute Gasteiger partial charge is 0.136 e. The standard InChI is InChI=1S/C50H30O/c1-2-14-33-28-36(25-24-31(33)12-1)47-38-18-7-9-20-41(38)50(42-21-10-8-19-39(42)47)49-37-17-6-5-13-32(37)26-27-43(49)40-22-11-23-45-48(40)44-29-34-15-3-4-16-35(34)30-46(44)51-45/h1-30H/i1D,2D,7D,8D,9D,10D,12D,14D,18D,19D,20D,21D,24D,25D. The van der Waals surface area contributed by atoms with Crippen LogP contribution in [0.25, 0.3) is 109 Å². The number of benzene rings is 10. The van der Waals surface area contributed by atoms with E-state index >= 15 is 0 Å². The van der Waals surface area contributed by atoms with E-state index in [0.29, 0.717) is 33.2 Å². The Morgan fingerprint density at radius 3 is 1.76 bits per heavy atom. The van der Waals surface area contributed by atoms with E-state index in [1.807, 2.05) is 84.9 Å². The largest absolute Gasteiger partial charge is 0.456 e. The Bertz CT molecular complexity index is 3920. The highest BCUT2D eigenvalue weighted by atomic mass is 16.3. The van der Waals surface area contributed by atoms with Crippen LogP contribution in [0.2, 0.25) is 0 Å². The normalized spacial score (nSPS) is 15.8. The van der Waals surface area contributed by atoms with Crippen molar-refractivity contribution in [3.8, 4) is 33.4 Å². The Balaban J connectivity index is 1.41. The Kier molecular flexibility index (Phi) is 3.81. The summed E-state index contributed by atoms with van der Waals surface area (Å²) in [5, 5.41) is 3.83. The van der Waals surface area contributed by atoms with Crippen molar-refractivity contribution in [2.45, 2.75) is 0 Å². The quantitative estimate of drug-likeness (QED) is 0.172. The van der Waals surface area contributed by atoms with E-state index in [2.05, 4.69) is 6.07 Å². The lowest BCUT2D eigenvalue weighted by Gasteiger charge is -2.21. The number of hydrogen-bond donors (Lipinski definition) is 0. The molecule has 0 aliphatic heterocycles. The third kappa shape index (κ3) is 4.22. The zero-order chi connectivity index (χ0) is 45.7. The molecule has 11 rings (SSSR count). The van der Waals surface area contributed by atoms with Crippen LogP contribution in [0, 0.1) is 0 Å². The molecule has 0 aliphatic carbocycles. The molecule has 1 heteroatoms. The second kappa shape index (κ2) is 10.9.